The predicted octanol–water partition coefficient (Wildman–Crippen LogP) is 3.35. The number of benzene rings is 2. The van der Waals surface area contributed by atoms with Crippen molar-refractivity contribution in [2.75, 3.05) is 0 Å². The van der Waals surface area contributed by atoms with Crippen LogP contribution in [-0.4, -0.2) is 11.1 Å². The lowest BCUT2D eigenvalue weighted by Crippen LogP contribution is -1.99. The summed E-state index contributed by atoms with van der Waals surface area (Å²) < 4.78 is 0. The first kappa shape index (κ1) is 13.8. The zero-order valence-electron chi connectivity index (χ0n) is 9.33. The summed E-state index contributed by atoms with van der Waals surface area (Å²) in [7, 11) is 0. The average Bonchev–Trinajstić information content (AvgIpc) is 2.39. The molecule has 0 saturated carbocycles. The van der Waals surface area contributed by atoms with E-state index >= 15 is 0 Å². The number of nitriles is 1. The number of carbonyl (C=O) groups is 1. The largest absolute Gasteiger partial charge is 0.478 e. The lowest BCUT2D eigenvalue weighted by Gasteiger charge is -2.04. The van der Waals surface area contributed by atoms with Gasteiger partial charge in [0.1, 0.15) is 6.07 Å². The van der Waals surface area contributed by atoms with Gasteiger partial charge in [0.15, 0.2) is 0 Å². The maximum absolute atomic E-state index is 10.9. The molecule has 0 saturated heterocycles. The quantitative estimate of drug-likeness (QED) is 0.900. The summed E-state index contributed by atoms with van der Waals surface area (Å²) in [6.07, 6.45) is 0. The second kappa shape index (κ2) is 5.85. The van der Waals surface area contributed by atoms with Crippen molar-refractivity contribution < 1.29 is 9.90 Å². The Morgan fingerprint density at radius 1 is 1.06 bits per heavy atom. The Kier molecular flexibility index (Phi) is 4.47. The molecule has 0 heterocycles. The molecule has 0 spiro atoms. The van der Waals surface area contributed by atoms with Gasteiger partial charge in [-0.2, -0.15) is 5.26 Å². The van der Waals surface area contributed by atoms with Gasteiger partial charge >= 0.3 is 5.97 Å². The topological polar surface area (TPSA) is 61.1 Å². The number of carboxylic acids is 1. The Morgan fingerprint density at radius 2 is 1.72 bits per heavy atom. The fraction of sp³-hybridized carbons (Fsp3) is 0. The van der Waals surface area contributed by atoms with Crippen LogP contribution in [0.4, 0.5) is 0 Å². The molecule has 0 aliphatic heterocycles. The van der Waals surface area contributed by atoms with Crippen molar-refractivity contribution in [3.63, 3.8) is 0 Å². The zero-order valence-corrected chi connectivity index (χ0v) is 10.1. The van der Waals surface area contributed by atoms with E-state index in [0.717, 1.165) is 11.1 Å². The fourth-order valence-electron chi connectivity index (χ4n) is 1.63. The second-order valence-corrected chi connectivity index (χ2v) is 3.54. The van der Waals surface area contributed by atoms with Crippen molar-refractivity contribution in [3.05, 3.63) is 59.7 Å². The Bertz CT molecular complexity index is 603. The monoisotopic (exact) mass is 259 g/mol. The summed E-state index contributed by atoms with van der Waals surface area (Å²) in [5, 5.41) is 17.8. The molecule has 18 heavy (non-hydrogen) atoms. The third-order valence-corrected chi connectivity index (χ3v) is 2.48. The zero-order chi connectivity index (χ0) is 12.3. The first-order valence-electron chi connectivity index (χ1n) is 5.05. The van der Waals surface area contributed by atoms with E-state index in [4.69, 9.17) is 10.4 Å². The minimum atomic E-state index is -1.08. The molecule has 1 N–H and O–H groups in total. The first-order chi connectivity index (χ1) is 8.22. The molecule has 0 fully saturated rings. The van der Waals surface area contributed by atoms with E-state index in [1.165, 1.54) is 6.07 Å². The van der Waals surface area contributed by atoms with Gasteiger partial charge in [-0.15, -0.1) is 12.4 Å². The van der Waals surface area contributed by atoms with E-state index in [1.807, 2.05) is 36.4 Å². The second-order valence-electron chi connectivity index (χ2n) is 3.54. The Labute approximate surface area is 111 Å². The van der Waals surface area contributed by atoms with E-state index in [-0.39, 0.29) is 23.5 Å². The molecule has 2 aromatic carbocycles. The summed E-state index contributed by atoms with van der Waals surface area (Å²) in [6, 6.07) is 16.2. The molecule has 0 amide bonds. The van der Waals surface area contributed by atoms with Gasteiger partial charge < -0.3 is 5.11 Å². The highest BCUT2D eigenvalue weighted by atomic mass is 35.5. The molecule has 4 heteroatoms. The van der Waals surface area contributed by atoms with Crippen LogP contribution in [0.15, 0.2) is 48.5 Å². The van der Waals surface area contributed by atoms with Crippen LogP contribution in [0.5, 0.6) is 0 Å². The van der Waals surface area contributed by atoms with Crippen LogP contribution in [0.25, 0.3) is 11.1 Å². The molecular formula is C14H10ClNO2. The minimum Gasteiger partial charge on any atom is -0.478 e. The van der Waals surface area contributed by atoms with Crippen molar-refractivity contribution in [1.82, 2.24) is 0 Å². The summed E-state index contributed by atoms with van der Waals surface area (Å²) in [5.41, 5.74) is 2.01. The molecule has 0 radical (unpaired) electrons. The lowest BCUT2D eigenvalue weighted by atomic mass is 10.00. The van der Waals surface area contributed by atoms with Gasteiger partial charge in [0.05, 0.1) is 11.1 Å². The third kappa shape index (κ3) is 2.68. The fourth-order valence-corrected chi connectivity index (χ4v) is 1.63. The van der Waals surface area contributed by atoms with Gasteiger partial charge in [-0.1, -0.05) is 36.4 Å². The molecule has 0 bridgehead atoms. The van der Waals surface area contributed by atoms with Crippen molar-refractivity contribution in [2.24, 2.45) is 0 Å². The van der Waals surface area contributed by atoms with E-state index in [1.54, 1.807) is 12.1 Å². The number of rotatable bonds is 2. The van der Waals surface area contributed by atoms with E-state index in [9.17, 15) is 4.79 Å². The summed E-state index contributed by atoms with van der Waals surface area (Å²) in [4.78, 5) is 10.9. The van der Waals surface area contributed by atoms with E-state index in [0.29, 0.717) is 0 Å². The molecule has 0 aromatic heterocycles. The normalized spacial score (nSPS) is 9.06. The minimum absolute atomic E-state index is 0. The molecule has 0 aliphatic carbocycles. The molecule has 0 aliphatic rings. The third-order valence-electron chi connectivity index (χ3n) is 2.48. The van der Waals surface area contributed by atoms with Crippen molar-refractivity contribution in [1.29, 1.82) is 5.26 Å². The SMILES string of the molecule is Cl.N#Cc1cc(-c2ccccc2)ccc1C(=O)O. The maximum atomic E-state index is 10.9. The highest BCUT2D eigenvalue weighted by Gasteiger charge is 2.10. The summed E-state index contributed by atoms with van der Waals surface area (Å²) in [6.45, 7) is 0. The van der Waals surface area contributed by atoms with Crippen molar-refractivity contribution in [2.45, 2.75) is 0 Å². The smallest absolute Gasteiger partial charge is 0.337 e. The number of hydrogen-bond acceptors (Lipinski definition) is 2. The van der Waals surface area contributed by atoms with Crippen molar-refractivity contribution in [3.8, 4) is 17.2 Å². The Balaban J connectivity index is 0.00000162. The van der Waals surface area contributed by atoms with Gasteiger partial charge in [-0.25, -0.2) is 4.79 Å². The van der Waals surface area contributed by atoms with E-state index < -0.39 is 5.97 Å². The van der Waals surface area contributed by atoms with Crippen LogP contribution < -0.4 is 0 Å². The van der Waals surface area contributed by atoms with Crippen LogP contribution in [-0.2, 0) is 0 Å². The number of carboxylic acid groups (broad SMARTS) is 1. The molecule has 3 nitrogen and oxygen atoms in total. The maximum Gasteiger partial charge on any atom is 0.337 e. The Hall–Kier alpha value is -2.31. The summed E-state index contributed by atoms with van der Waals surface area (Å²) >= 11 is 0. The standard InChI is InChI=1S/C14H9NO2.ClH/c15-9-12-8-11(6-7-13(12)14(16)17)10-4-2-1-3-5-10;/h1-8H,(H,16,17);1H. The van der Waals surface area contributed by atoms with Crippen molar-refractivity contribution >= 4 is 18.4 Å². The number of nitrogens with zero attached hydrogens (tertiary/aromatic N) is 1. The highest BCUT2D eigenvalue weighted by molar-refractivity contribution is 5.91. The molecule has 2 rings (SSSR count). The van der Waals surface area contributed by atoms with Crippen LogP contribution in [0.3, 0.4) is 0 Å². The molecule has 0 unspecified atom stereocenters. The van der Waals surface area contributed by atoms with E-state index in [2.05, 4.69) is 0 Å². The van der Waals surface area contributed by atoms with Crippen LogP contribution in [0.1, 0.15) is 15.9 Å². The van der Waals surface area contributed by atoms with Crippen LogP contribution in [0, 0.1) is 11.3 Å². The van der Waals surface area contributed by atoms with Gasteiger partial charge in [-0.05, 0) is 23.3 Å². The van der Waals surface area contributed by atoms with Gasteiger partial charge in [-0.3, -0.25) is 0 Å². The number of aromatic carboxylic acids is 1. The molecule has 2 aromatic rings. The Morgan fingerprint density at radius 3 is 2.28 bits per heavy atom. The van der Waals surface area contributed by atoms with Gasteiger partial charge in [0, 0.05) is 0 Å². The highest BCUT2D eigenvalue weighted by Crippen LogP contribution is 2.22. The van der Waals surface area contributed by atoms with Crippen LogP contribution >= 0.6 is 12.4 Å². The molecule has 0 atom stereocenters. The lowest BCUT2D eigenvalue weighted by molar-refractivity contribution is 0.0696. The molecular weight excluding hydrogens is 250 g/mol. The predicted molar refractivity (Wildman–Crippen MR) is 70.8 cm³/mol. The van der Waals surface area contributed by atoms with Gasteiger partial charge in [0.25, 0.3) is 0 Å². The van der Waals surface area contributed by atoms with Gasteiger partial charge in [0.2, 0.25) is 0 Å². The number of hydrogen-bond donors (Lipinski definition) is 1. The molecule has 90 valence electrons. The average molecular weight is 260 g/mol. The number of halogens is 1. The first-order valence-corrected chi connectivity index (χ1v) is 5.05. The van der Waals surface area contributed by atoms with Crippen LogP contribution in [0.2, 0.25) is 0 Å². The summed E-state index contributed by atoms with van der Waals surface area (Å²) in [5.74, 6) is -1.08.